The summed E-state index contributed by atoms with van der Waals surface area (Å²) < 4.78 is 0. The van der Waals surface area contributed by atoms with Crippen molar-refractivity contribution < 1.29 is 0 Å². The van der Waals surface area contributed by atoms with Gasteiger partial charge in [-0.05, 0) is 19.9 Å². The molecule has 0 saturated heterocycles. The molecule has 0 spiro atoms. The van der Waals surface area contributed by atoms with E-state index in [9.17, 15) is 0 Å². The zero-order chi connectivity index (χ0) is 7.40. The number of nitrogens with zero attached hydrogens (tertiary/aromatic N) is 1. The van der Waals surface area contributed by atoms with E-state index in [1.165, 1.54) is 32.4 Å². The van der Waals surface area contributed by atoms with Crippen LogP contribution >= 0.6 is 0 Å². The van der Waals surface area contributed by atoms with Crippen molar-refractivity contribution >= 4 is 0 Å². The van der Waals surface area contributed by atoms with Crippen molar-refractivity contribution in [3.8, 4) is 0 Å². The molecule has 0 atom stereocenters. The maximum Gasteiger partial charge on any atom is 0.0189 e. The second-order valence-corrected chi connectivity index (χ2v) is 3.14. The van der Waals surface area contributed by atoms with E-state index in [0.717, 1.165) is 0 Å². The topological polar surface area (TPSA) is 3.24 Å². The van der Waals surface area contributed by atoms with E-state index in [2.05, 4.69) is 24.9 Å². The molecule has 0 aromatic carbocycles. The number of rotatable bonds is 2. The molecular formula is C9H17N. The van der Waals surface area contributed by atoms with E-state index in [-0.39, 0.29) is 0 Å². The van der Waals surface area contributed by atoms with Crippen molar-refractivity contribution in [3.63, 3.8) is 0 Å². The van der Waals surface area contributed by atoms with Crippen molar-refractivity contribution in [2.75, 3.05) is 20.1 Å². The van der Waals surface area contributed by atoms with Gasteiger partial charge in [0.05, 0.1) is 0 Å². The van der Waals surface area contributed by atoms with Gasteiger partial charge in [-0.25, -0.2) is 0 Å². The lowest BCUT2D eigenvalue weighted by Crippen LogP contribution is -2.25. The smallest absolute Gasteiger partial charge is 0.0189 e. The number of likely N-dealkylation sites (N-methyl/N-ethyl adjacent to an activating group) is 1. The van der Waals surface area contributed by atoms with Crippen molar-refractivity contribution in [2.45, 2.75) is 26.2 Å². The van der Waals surface area contributed by atoms with E-state index in [1.807, 2.05) is 0 Å². The van der Waals surface area contributed by atoms with Crippen LogP contribution in [0.2, 0.25) is 0 Å². The molecule has 0 aliphatic carbocycles. The molecule has 58 valence electrons. The van der Waals surface area contributed by atoms with Crippen molar-refractivity contribution in [1.82, 2.24) is 4.90 Å². The quantitative estimate of drug-likeness (QED) is 0.529. The molecule has 1 heterocycles. The molecule has 0 aromatic rings. The van der Waals surface area contributed by atoms with Crippen LogP contribution in [-0.4, -0.2) is 25.0 Å². The Labute approximate surface area is 63.7 Å². The molecule has 0 saturated carbocycles. The molecular weight excluding hydrogens is 122 g/mol. The van der Waals surface area contributed by atoms with Crippen LogP contribution in [0, 0.1) is 0 Å². The van der Waals surface area contributed by atoms with Gasteiger partial charge in [0.2, 0.25) is 0 Å². The van der Waals surface area contributed by atoms with Crippen LogP contribution in [0.4, 0.5) is 0 Å². The highest BCUT2D eigenvalue weighted by atomic mass is 15.1. The fraction of sp³-hybridized carbons (Fsp3) is 0.778. The molecule has 0 N–H and O–H groups in total. The normalized spacial score (nSPS) is 20.8. The average Bonchev–Trinajstić information content (AvgIpc) is 1.88. The van der Waals surface area contributed by atoms with Gasteiger partial charge < -0.3 is 4.90 Å². The van der Waals surface area contributed by atoms with Gasteiger partial charge in [0, 0.05) is 13.1 Å². The van der Waals surface area contributed by atoms with E-state index >= 15 is 0 Å². The Bertz CT molecular complexity index is 127. The standard InChI is InChI=1S/C9H17N/c1-3-5-9-6-4-7-10(2)8-9/h6H,3-5,7-8H2,1-2H3. The zero-order valence-corrected chi connectivity index (χ0v) is 7.06. The van der Waals surface area contributed by atoms with Crippen LogP contribution in [0.3, 0.4) is 0 Å². The first-order valence-electron chi connectivity index (χ1n) is 4.19. The fourth-order valence-electron chi connectivity index (χ4n) is 1.48. The summed E-state index contributed by atoms with van der Waals surface area (Å²) in [6.07, 6.45) is 6.25. The highest BCUT2D eigenvalue weighted by Gasteiger charge is 2.06. The highest BCUT2D eigenvalue weighted by Crippen LogP contribution is 2.12. The molecule has 1 aliphatic heterocycles. The Morgan fingerprint density at radius 3 is 3.00 bits per heavy atom. The van der Waals surface area contributed by atoms with Gasteiger partial charge in [0.25, 0.3) is 0 Å². The Kier molecular flexibility index (Phi) is 2.94. The Morgan fingerprint density at radius 2 is 2.40 bits per heavy atom. The first kappa shape index (κ1) is 7.80. The fourth-order valence-corrected chi connectivity index (χ4v) is 1.48. The SMILES string of the molecule is CCCC1=CCCN(C)C1. The van der Waals surface area contributed by atoms with E-state index in [4.69, 9.17) is 0 Å². The van der Waals surface area contributed by atoms with Gasteiger partial charge in [-0.3, -0.25) is 0 Å². The molecule has 0 aromatic heterocycles. The summed E-state index contributed by atoms with van der Waals surface area (Å²) in [5.74, 6) is 0. The van der Waals surface area contributed by atoms with Crippen LogP contribution in [-0.2, 0) is 0 Å². The molecule has 0 fully saturated rings. The first-order chi connectivity index (χ1) is 4.83. The minimum atomic E-state index is 1.20. The minimum Gasteiger partial charge on any atom is -0.302 e. The van der Waals surface area contributed by atoms with Gasteiger partial charge in [-0.15, -0.1) is 0 Å². The number of hydrogen-bond donors (Lipinski definition) is 0. The zero-order valence-electron chi connectivity index (χ0n) is 7.06. The first-order valence-corrected chi connectivity index (χ1v) is 4.19. The van der Waals surface area contributed by atoms with Crippen LogP contribution in [0.1, 0.15) is 26.2 Å². The summed E-state index contributed by atoms with van der Waals surface area (Å²) in [7, 11) is 2.20. The van der Waals surface area contributed by atoms with E-state index in [1.54, 1.807) is 5.57 Å². The summed E-state index contributed by atoms with van der Waals surface area (Å²) in [6, 6.07) is 0. The second kappa shape index (κ2) is 3.77. The lowest BCUT2D eigenvalue weighted by Gasteiger charge is -2.22. The third-order valence-corrected chi connectivity index (χ3v) is 1.99. The highest BCUT2D eigenvalue weighted by molar-refractivity contribution is 5.07. The van der Waals surface area contributed by atoms with Crippen LogP contribution in [0.15, 0.2) is 11.6 Å². The largest absolute Gasteiger partial charge is 0.302 e. The van der Waals surface area contributed by atoms with Crippen molar-refractivity contribution in [2.24, 2.45) is 0 Å². The lowest BCUT2D eigenvalue weighted by atomic mass is 10.1. The van der Waals surface area contributed by atoms with Crippen molar-refractivity contribution in [3.05, 3.63) is 11.6 Å². The molecule has 0 unspecified atom stereocenters. The van der Waals surface area contributed by atoms with E-state index in [0.29, 0.717) is 0 Å². The van der Waals surface area contributed by atoms with Crippen LogP contribution < -0.4 is 0 Å². The predicted molar refractivity (Wildman–Crippen MR) is 45.1 cm³/mol. The van der Waals surface area contributed by atoms with Gasteiger partial charge in [0.15, 0.2) is 0 Å². The molecule has 10 heavy (non-hydrogen) atoms. The monoisotopic (exact) mass is 139 g/mol. The lowest BCUT2D eigenvalue weighted by molar-refractivity contribution is 0.350. The summed E-state index contributed by atoms with van der Waals surface area (Å²) in [5, 5.41) is 0. The average molecular weight is 139 g/mol. The van der Waals surface area contributed by atoms with Gasteiger partial charge in [-0.1, -0.05) is 25.0 Å². The van der Waals surface area contributed by atoms with Gasteiger partial charge >= 0.3 is 0 Å². The van der Waals surface area contributed by atoms with Crippen LogP contribution in [0.25, 0.3) is 0 Å². The number of hydrogen-bond acceptors (Lipinski definition) is 1. The third kappa shape index (κ3) is 2.14. The van der Waals surface area contributed by atoms with Crippen molar-refractivity contribution in [1.29, 1.82) is 0 Å². The maximum absolute atomic E-state index is 2.41. The summed E-state index contributed by atoms with van der Waals surface area (Å²) in [6.45, 7) is 4.69. The van der Waals surface area contributed by atoms with Gasteiger partial charge in [0.1, 0.15) is 0 Å². The third-order valence-electron chi connectivity index (χ3n) is 1.99. The maximum atomic E-state index is 2.41. The summed E-state index contributed by atoms with van der Waals surface area (Å²) in [4.78, 5) is 2.39. The van der Waals surface area contributed by atoms with Crippen LogP contribution in [0.5, 0.6) is 0 Å². The molecule has 1 nitrogen and oxygen atoms in total. The molecule has 1 aliphatic rings. The predicted octanol–water partition coefficient (Wildman–Crippen LogP) is 2.05. The molecule has 1 heteroatoms. The Hall–Kier alpha value is -0.300. The minimum absolute atomic E-state index is 1.20. The second-order valence-electron chi connectivity index (χ2n) is 3.14. The summed E-state index contributed by atoms with van der Waals surface area (Å²) in [5.41, 5.74) is 1.64. The molecule has 0 bridgehead atoms. The Morgan fingerprint density at radius 1 is 1.60 bits per heavy atom. The molecule has 1 rings (SSSR count). The van der Waals surface area contributed by atoms with Gasteiger partial charge in [-0.2, -0.15) is 0 Å². The van der Waals surface area contributed by atoms with E-state index < -0.39 is 0 Å². The molecule has 0 amide bonds. The summed E-state index contributed by atoms with van der Waals surface area (Å²) >= 11 is 0. The molecule has 0 radical (unpaired) electrons. The Balaban J connectivity index is 2.36.